The van der Waals surface area contributed by atoms with Crippen molar-refractivity contribution in [2.24, 2.45) is 5.92 Å². The Labute approximate surface area is 180 Å². The van der Waals surface area contributed by atoms with E-state index < -0.39 is 5.60 Å². The highest BCUT2D eigenvalue weighted by atomic mass is 32.1. The number of fused-ring (bicyclic) bond motifs is 3. The molecule has 3 heterocycles. The van der Waals surface area contributed by atoms with E-state index in [0.717, 1.165) is 47.5 Å². The second-order valence-electron chi connectivity index (χ2n) is 9.36. The summed E-state index contributed by atoms with van der Waals surface area (Å²) in [5, 5.41) is 11.7. The van der Waals surface area contributed by atoms with Crippen molar-refractivity contribution in [1.82, 2.24) is 9.80 Å². The predicted octanol–water partition coefficient (Wildman–Crippen LogP) is 2.16. The fourth-order valence-corrected chi connectivity index (χ4v) is 6.41. The molecule has 0 radical (unpaired) electrons. The summed E-state index contributed by atoms with van der Waals surface area (Å²) < 4.78 is 0. The van der Waals surface area contributed by atoms with Gasteiger partial charge in [-0.25, -0.2) is 0 Å². The minimum atomic E-state index is -1.24. The first kappa shape index (κ1) is 20.0. The Kier molecular flexibility index (Phi) is 4.89. The van der Waals surface area contributed by atoms with Gasteiger partial charge in [0.15, 0.2) is 0 Å². The van der Waals surface area contributed by atoms with Gasteiger partial charge in [-0.2, -0.15) is 0 Å². The zero-order chi connectivity index (χ0) is 21.0. The molecule has 4 aliphatic rings. The maximum absolute atomic E-state index is 13.1. The lowest BCUT2D eigenvalue weighted by Gasteiger charge is -2.37. The lowest BCUT2D eigenvalue weighted by Crippen LogP contribution is -2.51. The summed E-state index contributed by atoms with van der Waals surface area (Å²) in [4.78, 5) is 45.2. The van der Waals surface area contributed by atoms with E-state index >= 15 is 0 Å². The van der Waals surface area contributed by atoms with Crippen LogP contribution >= 0.6 is 11.3 Å². The highest BCUT2D eigenvalue weighted by molar-refractivity contribution is 7.17. The van der Waals surface area contributed by atoms with Crippen molar-refractivity contribution in [2.75, 3.05) is 31.6 Å². The van der Waals surface area contributed by atoms with Crippen molar-refractivity contribution in [1.29, 1.82) is 0 Å². The summed E-state index contributed by atoms with van der Waals surface area (Å²) in [5.74, 6) is 0.225. The van der Waals surface area contributed by atoms with E-state index in [0.29, 0.717) is 50.4 Å². The third-order valence-corrected chi connectivity index (χ3v) is 8.26. The summed E-state index contributed by atoms with van der Waals surface area (Å²) in [6, 6.07) is 0. The number of rotatable bonds is 3. The molecule has 0 saturated heterocycles. The Morgan fingerprint density at radius 2 is 1.90 bits per heavy atom. The first-order valence-corrected chi connectivity index (χ1v) is 11.9. The van der Waals surface area contributed by atoms with Gasteiger partial charge in [-0.15, -0.1) is 11.3 Å². The Bertz CT molecular complexity index is 900. The molecule has 1 aromatic heterocycles. The Morgan fingerprint density at radius 3 is 2.60 bits per heavy atom. The van der Waals surface area contributed by atoms with Gasteiger partial charge in [0.25, 0.3) is 11.8 Å². The van der Waals surface area contributed by atoms with Crippen LogP contribution < -0.4 is 4.90 Å². The number of hydrogen-bond donors (Lipinski definition) is 1. The number of nitrogens with zero attached hydrogens (tertiary/aromatic N) is 3. The molecule has 0 unspecified atom stereocenters. The lowest BCUT2D eigenvalue weighted by atomic mass is 9.83. The molecule has 0 bridgehead atoms. The number of carbonyl (C=O) groups excluding carboxylic acids is 3. The monoisotopic (exact) mass is 431 g/mol. The topological polar surface area (TPSA) is 81.2 Å². The SMILES string of the molecule is CN1CC(=O)N(CC2CC2)c2sc3c(c2C1=O)CCN(C(=O)C1(O)CCCCC1)C3. The first-order valence-electron chi connectivity index (χ1n) is 11.1. The molecule has 2 saturated carbocycles. The van der Waals surface area contributed by atoms with E-state index in [1.54, 1.807) is 11.9 Å². The second-order valence-corrected chi connectivity index (χ2v) is 10.4. The average Bonchev–Trinajstić information content (AvgIpc) is 3.49. The van der Waals surface area contributed by atoms with Crippen LogP contribution in [0.15, 0.2) is 0 Å². The van der Waals surface area contributed by atoms with E-state index in [1.165, 1.54) is 16.2 Å². The van der Waals surface area contributed by atoms with Gasteiger partial charge in [0.2, 0.25) is 5.91 Å². The molecule has 1 aromatic rings. The Morgan fingerprint density at radius 1 is 1.17 bits per heavy atom. The molecule has 0 aromatic carbocycles. The van der Waals surface area contributed by atoms with Crippen LogP contribution in [0.3, 0.4) is 0 Å². The van der Waals surface area contributed by atoms with Crippen molar-refractivity contribution in [2.45, 2.75) is 63.5 Å². The average molecular weight is 432 g/mol. The number of likely N-dealkylation sites (N-methyl/N-ethyl adjacent to an activating group) is 1. The van der Waals surface area contributed by atoms with E-state index in [1.807, 2.05) is 4.90 Å². The summed E-state index contributed by atoms with van der Waals surface area (Å²) in [7, 11) is 1.69. The number of thiophene rings is 1. The fourth-order valence-electron chi connectivity index (χ4n) is 5.03. The largest absolute Gasteiger partial charge is 0.380 e. The van der Waals surface area contributed by atoms with Crippen LogP contribution in [0, 0.1) is 5.92 Å². The van der Waals surface area contributed by atoms with Crippen LogP contribution in [0.4, 0.5) is 5.00 Å². The maximum Gasteiger partial charge on any atom is 0.257 e. The van der Waals surface area contributed by atoms with Crippen LogP contribution in [0.2, 0.25) is 0 Å². The van der Waals surface area contributed by atoms with E-state index in [-0.39, 0.29) is 24.3 Å². The highest BCUT2D eigenvalue weighted by Crippen LogP contribution is 2.43. The number of aliphatic hydroxyl groups is 1. The molecule has 162 valence electrons. The minimum Gasteiger partial charge on any atom is -0.380 e. The second kappa shape index (κ2) is 7.34. The molecule has 7 nitrogen and oxygen atoms in total. The van der Waals surface area contributed by atoms with Crippen LogP contribution in [-0.2, 0) is 22.6 Å². The molecule has 0 atom stereocenters. The Balaban J connectivity index is 1.46. The van der Waals surface area contributed by atoms with Gasteiger partial charge in [0.1, 0.15) is 17.1 Å². The molecule has 1 N–H and O–H groups in total. The summed E-state index contributed by atoms with van der Waals surface area (Å²) in [5.41, 5.74) is 0.406. The first-order chi connectivity index (χ1) is 14.4. The molecule has 2 aliphatic carbocycles. The van der Waals surface area contributed by atoms with Crippen LogP contribution in [-0.4, -0.2) is 64.9 Å². The van der Waals surface area contributed by atoms with Crippen molar-refractivity contribution in [3.05, 3.63) is 16.0 Å². The van der Waals surface area contributed by atoms with E-state index in [4.69, 9.17) is 0 Å². The third kappa shape index (κ3) is 3.34. The molecular formula is C22H29N3O4S. The third-order valence-electron chi connectivity index (χ3n) is 7.02. The lowest BCUT2D eigenvalue weighted by molar-refractivity contribution is -0.155. The van der Waals surface area contributed by atoms with Crippen LogP contribution in [0.1, 0.15) is 65.7 Å². The van der Waals surface area contributed by atoms with Crippen molar-refractivity contribution in [3.8, 4) is 0 Å². The molecule has 2 fully saturated rings. The summed E-state index contributed by atoms with van der Waals surface area (Å²) in [6.07, 6.45) is 6.75. The van der Waals surface area contributed by atoms with Gasteiger partial charge < -0.3 is 19.8 Å². The number of hydrogen-bond acceptors (Lipinski definition) is 5. The van der Waals surface area contributed by atoms with Gasteiger partial charge in [0.05, 0.1) is 12.1 Å². The normalized spacial score (nSPS) is 23.9. The number of carbonyl (C=O) groups is 3. The molecule has 8 heteroatoms. The van der Waals surface area contributed by atoms with Crippen molar-refractivity contribution in [3.63, 3.8) is 0 Å². The van der Waals surface area contributed by atoms with Crippen molar-refractivity contribution < 1.29 is 19.5 Å². The highest BCUT2D eigenvalue weighted by Gasteiger charge is 2.43. The zero-order valence-corrected chi connectivity index (χ0v) is 18.3. The summed E-state index contributed by atoms with van der Waals surface area (Å²) in [6.45, 7) is 1.70. The van der Waals surface area contributed by atoms with Crippen LogP contribution in [0.5, 0.6) is 0 Å². The minimum absolute atomic E-state index is 0.0282. The Hall–Kier alpha value is -1.93. The summed E-state index contributed by atoms with van der Waals surface area (Å²) >= 11 is 1.49. The number of amides is 3. The van der Waals surface area contributed by atoms with Gasteiger partial charge in [0, 0.05) is 25.0 Å². The smallest absolute Gasteiger partial charge is 0.257 e. The molecule has 5 rings (SSSR count). The number of anilines is 1. The van der Waals surface area contributed by atoms with E-state index in [2.05, 4.69) is 0 Å². The van der Waals surface area contributed by atoms with Gasteiger partial charge in [-0.05, 0) is 43.6 Å². The molecule has 0 spiro atoms. The maximum atomic E-state index is 13.1. The molecule has 2 aliphatic heterocycles. The van der Waals surface area contributed by atoms with E-state index in [9.17, 15) is 19.5 Å². The standard InChI is InChI=1S/C22H29N3O4S/c1-23-13-17(26)25(11-14-5-6-14)20-18(19(23)27)15-7-10-24(12-16(15)30-20)21(28)22(29)8-3-2-4-9-22/h14,29H,2-13H2,1H3. The molecular weight excluding hydrogens is 402 g/mol. The predicted molar refractivity (Wildman–Crippen MR) is 114 cm³/mol. The molecule has 30 heavy (non-hydrogen) atoms. The van der Waals surface area contributed by atoms with Crippen molar-refractivity contribution >= 4 is 34.1 Å². The van der Waals surface area contributed by atoms with Gasteiger partial charge in [-0.1, -0.05) is 19.3 Å². The van der Waals surface area contributed by atoms with Gasteiger partial charge in [-0.3, -0.25) is 14.4 Å². The zero-order valence-electron chi connectivity index (χ0n) is 17.5. The quantitative estimate of drug-likeness (QED) is 0.795. The fraction of sp³-hybridized carbons (Fsp3) is 0.682. The van der Waals surface area contributed by atoms with Gasteiger partial charge >= 0.3 is 0 Å². The van der Waals surface area contributed by atoms with Crippen LogP contribution in [0.25, 0.3) is 0 Å². The molecule has 3 amide bonds.